The van der Waals surface area contributed by atoms with Crippen molar-refractivity contribution in [1.82, 2.24) is 0 Å². The van der Waals surface area contributed by atoms with E-state index in [1.807, 2.05) is 5.70 Å². The molecule has 0 saturated carbocycles. The van der Waals surface area contributed by atoms with E-state index < -0.39 is 8.07 Å². The van der Waals surface area contributed by atoms with Crippen molar-refractivity contribution in [3.05, 3.63) is 12.3 Å². The monoisotopic (exact) mass is 158 g/mol. The molecule has 0 aromatic heterocycles. The van der Waals surface area contributed by atoms with Crippen LogP contribution in [0.25, 0.3) is 0 Å². The zero-order valence-corrected chi connectivity index (χ0v) is 7.81. The maximum absolute atomic E-state index is 10.8. The van der Waals surface area contributed by atoms with Crippen LogP contribution in [-0.4, -0.2) is 21.2 Å². The van der Waals surface area contributed by atoms with E-state index in [1.54, 1.807) is 0 Å². The van der Waals surface area contributed by atoms with Crippen LogP contribution in [0.1, 0.15) is 0 Å². The smallest absolute Gasteiger partial charge is 0.303 e. The van der Waals surface area contributed by atoms with Gasteiger partial charge in [-0.3, -0.25) is 4.79 Å². The molecule has 0 unspecified atom stereocenters. The van der Waals surface area contributed by atoms with Crippen LogP contribution in [0.3, 0.4) is 0 Å². The fourth-order valence-corrected chi connectivity index (χ4v) is 1.55. The predicted octanol–water partition coefficient (Wildman–Crippen LogP) is 1.59. The van der Waals surface area contributed by atoms with E-state index in [2.05, 4.69) is 24.4 Å². The van der Waals surface area contributed by atoms with Gasteiger partial charge in [-0.05, 0) is 0 Å². The van der Waals surface area contributed by atoms with Crippen molar-refractivity contribution in [1.29, 1.82) is 0 Å². The maximum atomic E-state index is 10.8. The molecule has 0 aromatic rings. The standard InChI is InChI=1S/C7H14O2Si/c1-5-10(3,4)6-7(8)9-2/h5H,1,6H2,2-4H3. The van der Waals surface area contributed by atoms with E-state index in [0.717, 1.165) is 0 Å². The quantitative estimate of drug-likeness (QED) is 0.460. The second kappa shape index (κ2) is 3.56. The molecular formula is C7H14O2Si. The Morgan fingerprint density at radius 2 is 2.20 bits per heavy atom. The summed E-state index contributed by atoms with van der Waals surface area (Å²) in [4.78, 5) is 10.8. The first-order chi connectivity index (χ1) is 4.52. The molecule has 0 aliphatic carbocycles. The van der Waals surface area contributed by atoms with Crippen molar-refractivity contribution >= 4 is 14.0 Å². The molecule has 0 aliphatic heterocycles. The van der Waals surface area contributed by atoms with Crippen LogP contribution in [0.15, 0.2) is 12.3 Å². The third-order valence-corrected chi connectivity index (χ3v) is 3.69. The molecule has 2 nitrogen and oxygen atoms in total. The SMILES string of the molecule is C=C[Si](C)(C)CC(=O)OC. The van der Waals surface area contributed by atoms with Crippen LogP contribution in [0.2, 0.25) is 19.1 Å². The third kappa shape index (κ3) is 3.45. The normalized spacial score (nSPS) is 10.7. The number of carbonyl (C=O) groups excluding carboxylic acids is 1. The van der Waals surface area contributed by atoms with Crippen molar-refractivity contribution in [3.63, 3.8) is 0 Å². The number of carbonyl (C=O) groups is 1. The highest BCUT2D eigenvalue weighted by molar-refractivity contribution is 6.84. The number of hydrogen-bond donors (Lipinski definition) is 0. The Hall–Kier alpha value is -0.573. The first-order valence-corrected chi connectivity index (χ1v) is 6.50. The number of methoxy groups -OCH3 is 1. The summed E-state index contributed by atoms with van der Waals surface area (Å²) in [5, 5.41) is 0. The molecule has 3 heteroatoms. The summed E-state index contributed by atoms with van der Waals surface area (Å²) in [5.41, 5.74) is 1.89. The van der Waals surface area contributed by atoms with Crippen molar-refractivity contribution in [2.24, 2.45) is 0 Å². The van der Waals surface area contributed by atoms with Gasteiger partial charge in [0.15, 0.2) is 0 Å². The summed E-state index contributed by atoms with van der Waals surface area (Å²) >= 11 is 0. The van der Waals surface area contributed by atoms with Crippen molar-refractivity contribution in [2.75, 3.05) is 7.11 Å². The van der Waals surface area contributed by atoms with Gasteiger partial charge in [-0.25, -0.2) is 0 Å². The lowest BCUT2D eigenvalue weighted by molar-refractivity contribution is -0.138. The molecule has 0 N–H and O–H groups in total. The summed E-state index contributed by atoms with van der Waals surface area (Å²) in [6.07, 6.45) is 0. The molecular weight excluding hydrogens is 144 g/mol. The Morgan fingerprint density at radius 1 is 1.70 bits per heavy atom. The Morgan fingerprint density at radius 3 is 2.50 bits per heavy atom. The number of esters is 1. The van der Waals surface area contributed by atoms with Gasteiger partial charge in [0, 0.05) is 6.04 Å². The van der Waals surface area contributed by atoms with Gasteiger partial charge in [0.25, 0.3) is 0 Å². The van der Waals surface area contributed by atoms with E-state index in [0.29, 0.717) is 6.04 Å². The molecule has 0 heterocycles. The van der Waals surface area contributed by atoms with Crippen molar-refractivity contribution < 1.29 is 9.53 Å². The Balaban J connectivity index is 3.88. The largest absolute Gasteiger partial charge is 0.469 e. The third-order valence-electron chi connectivity index (χ3n) is 1.38. The van der Waals surface area contributed by atoms with E-state index in [4.69, 9.17) is 0 Å². The van der Waals surface area contributed by atoms with E-state index in [9.17, 15) is 4.79 Å². The highest BCUT2D eigenvalue weighted by Crippen LogP contribution is 2.09. The van der Waals surface area contributed by atoms with Gasteiger partial charge in [0.05, 0.1) is 15.2 Å². The predicted molar refractivity (Wildman–Crippen MR) is 44.5 cm³/mol. The molecule has 0 saturated heterocycles. The fourth-order valence-electron chi connectivity index (χ4n) is 0.516. The van der Waals surface area contributed by atoms with Gasteiger partial charge in [-0.2, -0.15) is 0 Å². The molecule has 0 spiro atoms. The second-order valence-corrected chi connectivity index (χ2v) is 7.68. The molecule has 0 radical (unpaired) electrons. The molecule has 0 aromatic carbocycles. The molecule has 0 bridgehead atoms. The van der Waals surface area contributed by atoms with Crippen molar-refractivity contribution in [3.8, 4) is 0 Å². The number of hydrogen-bond acceptors (Lipinski definition) is 2. The van der Waals surface area contributed by atoms with Crippen molar-refractivity contribution in [2.45, 2.75) is 19.1 Å². The van der Waals surface area contributed by atoms with Gasteiger partial charge in [0.2, 0.25) is 0 Å². The van der Waals surface area contributed by atoms with Crippen LogP contribution in [0.5, 0.6) is 0 Å². The van der Waals surface area contributed by atoms with E-state index >= 15 is 0 Å². The van der Waals surface area contributed by atoms with E-state index in [-0.39, 0.29) is 5.97 Å². The minimum atomic E-state index is -1.47. The Bertz CT molecular complexity index is 141. The first kappa shape index (κ1) is 9.43. The molecule has 58 valence electrons. The van der Waals surface area contributed by atoms with Crippen LogP contribution < -0.4 is 0 Å². The summed E-state index contributed by atoms with van der Waals surface area (Å²) in [5.74, 6) is -0.128. The molecule has 0 atom stereocenters. The van der Waals surface area contributed by atoms with Crippen LogP contribution in [0, 0.1) is 0 Å². The maximum Gasteiger partial charge on any atom is 0.303 e. The van der Waals surface area contributed by atoms with Gasteiger partial charge < -0.3 is 4.74 Å². The lowest BCUT2D eigenvalue weighted by atomic mass is 10.8. The Labute approximate surface area is 62.9 Å². The first-order valence-electron chi connectivity index (χ1n) is 3.22. The molecule has 0 rings (SSSR count). The summed E-state index contributed by atoms with van der Waals surface area (Å²) in [6.45, 7) is 7.83. The van der Waals surface area contributed by atoms with Gasteiger partial charge in [-0.15, -0.1) is 12.3 Å². The molecule has 10 heavy (non-hydrogen) atoms. The highest BCUT2D eigenvalue weighted by Gasteiger charge is 2.20. The lowest BCUT2D eigenvalue weighted by Gasteiger charge is -2.13. The molecule has 0 fully saturated rings. The van der Waals surface area contributed by atoms with Crippen LogP contribution in [-0.2, 0) is 9.53 Å². The fraction of sp³-hybridized carbons (Fsp3) is 0.571. The minimum absolute atomic E-state index is 0.128. The lowest BCUT2D eigenvalue weighted by Crippen LogP contribution is -2.26. The average molecular weight is 158 g/mol. The van der Waals surface area contributed by atoms with Gasteiger partial charge >= 0.3 is 5.97 Å². The van der Waals surface area contributed by atoms with Gasteiger partial charge in [0.1, 0.15) is 0 Å². The second-order valence-electron chi connectivity index (χ2n) is 2.95. The number of rotatable bonds is 3. The Kier molecular flexibility index (Phi) is 3.36. The minimum Gasteiger partial charge on any atom is -0.469 e. The molecule has 0 aliphatic rings. The highest BCUT2D eigenvalue weighted by atomic mass is 28.3. The molecule has 0 amide bonds. The zero-order chi connectivity index (χ0) is 8.20. The summed E-state index contributed by atoms with van der Waals surface area (Å²) < 4.78 is 4.54. The van der Waals surface area contributed by atoms with Crippen LogP contribution >= 0.6 is 0 Å². The summed E-state index contributed by atoms with van der Waals surface area (Å²) in [7, 11) is -0.0594. The topological polar surface area (TPSA) is 26.3 Å². The average Bonchev–Trinajstić information content (AvgIpc) is 1.87. The number of ether oxygens (including phenoxy) is 1. The zero-order valence-electron chi connectivity index (χ0n) is 6.81. The van der Waals surface area contributed by atoms with Gasteiger partial charge in [-0.1, -0.05) is 13.1 Å². The summed E-state index contributed by atoms with van der Waals surface area (Å²) in [6, 6.07) is 0.535. The van der Waals surface area contributed by atoms with Crippen LogP contribution in [0.4, 0.5) is 0 Å². The van der Waals surface area contributed by atoms with E-state index in [1.165, 1.54) is 7.11 Å².